The van der Waals surface area contributed by atoms with Gasteiger partial charge < -0.3 is 11.1 Å². The van der Waals surface area contributed by atoms with Crippen molar-refractivity contribution in [3.63, 3.8) is 0 Å². The van der Waals surface area contributed by atoms with E-state index in [1.165, 1.54) is 5.56 Å². The zero-order valence-corrected chi connectivity index (χ0v) is 12.8. The van der Waals surface area contributed by atoms with Gasteiger partial charge in [0, 0.05) is 17.6 Å². The summed E-state index contributed by atoms with van der Waals surface area (Å²) in [5, 5.41) is 3.04. The van der Waals surface area contributed by atoms with Crippen LogP contribution in [0.5, 0.6) is 0 Å². The average Bonchev–Trinajstić information content (AvgIpc) is 2.56. The summed E-state index contributed by atoms with van der Waals surface area (Å²) in [5.41, 5.74) is 9.92. The molecule has 0 saturated carbocycles. The molecule has 0 spiro atoms. The number of benzene rings is 2. The van der Waals surface area contributed by atoms with Crippen LogP contribution in [0.3, 0.4) is 0 Å². The van der Waals surface area contributed by atoms with Gasteiger partial charge in [-0.15, -0.1) is 0 Å². The molecule has 0 atom stereocenters. The van der Waals surface area contributed by atoms with Crippen LogP contribution in [-0.4, -0.2) is 15.9 Å². The molecule has 0 radical (unpaired) electrons. The molecule has 23 heavy (non-hydrogen) atoms. The SMILES string of the molecule is Cc1ccnc(N=C(N)Nc2ccc(-c3ccccc3)cc2)n1. The zero-order chi connectivity index (χ0) is 16.1. The van der Waals surface area contributed by atoms with Gasteiger partial charge in [-0.05, 0) is 36.2 Å². The number of aromatic nitrogens is 2. The average molecular weight is 303 g/mol. The van der Waals surface area contributed by atoms with E-state index in [0.717, 1.165) is 16.9 Å². The summed E-state index contributed by atoms with van der Waals surface area (Å²) in [4.78, 5) is 12.4. The van der Waals surface area contributed by atoms with Gasteiger partial charge in [-0.2, -0.15) is 4.99 Å². The van der Waals surface area contributed by atoms with Crippen molar-refractivity contribution in [2.24, 2.45) is 10.7 Å². The minimum Gasteiger partial charge on any atom is -0.369 e. The normalized spacial score (nSPS) is 11.3. The van der Waals surface area contributed by atoms with Crippen LogP contribution in [0.2, 0.25) is 0 Å². The van der Waals surface area contributed by atoms with Crippen LogP contribution < -0.4 is 11.1 Å². The maximum atomic E-state index is 5.90. The Labute approximate surface area is 134 Å². The Morgan fingerprint density at radius 1 is 0.957 bits per heavy atom. The summed E-state index contributed by atoms with van der Waals surface area (Å²) >= 11 is 0. The van der Waals surface area contributed by atoms with Gasteiger partial charge in [0.2, 0.25) is 5.96 Å². The first-order valence-corrected chi connectivity index (χ1v) is 7.27. The van der Waals surface area contributed by atoms with Crippen molar-refractivity contribution in [1.29, 1.82) is 0 Å². The molecule has 3 aromatic rings. The van der Waals surface area contributed by atoms with Gasteiger partial charge in [0.25, 0.3) is 5.95 Å². The minimum atomic E-state index is 0.253. The second kappa shape index (κ2) is 6.70. The molecule has 0 aliphatic heterocycles. The zero-order valence-electron chi connectivity index (χ0n) is 12.8. The number of guanidine groups is 1. The number of hydrogen-bond acceptors (Lipinski definition) is 3. The Kier molecular flexibility index (Phi) is 4.29. The van der Waals surface area contributed by atoms with Gasteiger partial charge in [0.05, 0.1) is 0 Å². The van der Waals surface area contributed by atoms with Crippen molar-refractivity contribution in [2.45, 2.75) is 6.92 Å². The molecule has 5 heteroatoms. The third-order valence-electron chi connectivity index (χ3n) is 3.27. The summed E-state index contributed by atoms with van der Waals surface area (Å²) in [7, 11) is 0. The van der Waals surface area contributed by atoms with Crippen LogP contribution in [0.4, 0.5) is 11.6 Å². The van der Waals surface area contributed by atoms with E-state index < -0.39 is 0 Å². The lowest BCUT2D eigenvalue weighted by Gasteiger charge is -2.07. The van der Waals surface area contributed by atoms with Gasteiger partial charge in [0.15, 0.2) is 0 Å². The number of nitrogens with two attached hydrogens (primary N) is 1. The van der Waals surface area contributed by atoms with Crippen molar-refractivity contribution in [2.75, 3.05) is 5.32 Å². The van der Waals surface area contributed by atoms with Crippen LogP contribution in [0.25, 0.3) is 11.1 Å². The van der Waals surface area contributed by atoms with E-state index in [9.17, 15) is 0 Å². The van der Waals surface area contributed by atoms with Crippen molar-refractivity contribution in [1.82, 2.24) is 9.97 Å². The maximum absolute atomic E-state index is 5.90. The Hall–Kier alpha value is -3.21. The lowest BCUT2D eigenvalue weighted by molar-refractivity contribution is 1.08. The van der Waals surface area contributed by atoms with Gasteiger partial charge in [-0.1, -0.05) is 42.5 Å². The van der Waals surface area contributed by atoms with Crippen molar-refractivity contribution in [3.05, 3.63) is 72.6 Å². The van der Waals surface area contributed by atoms with Crippen molar-refractivity contribution in [3.8, 4) is 11.1 Å². The molecule has 0 fully saturated rings. The summed E-state index contributed by atoms with van der Waals surface area (Å²) in [5.74, 6) is 0.596. The summed E-state index contributed by atoms with van der Waals surface area (Å²) < 4.78 is 0. The van der Waals surface area contributed by atoms with E-state index in [1.54, 1.807) is 6.20 Å². The fourth-order valence-corrected chi connectivity index (χ4v) is 2.15. The monoisotopic (exact) mass is 303 g/mol. The number of aryl methyl sites for hydroxylation is 1. The van der Waals surface area contributed by atoms with E-state index in [1.807, 2.05) is 55.5 Å². The second-order valence-electron chi connectivity index (χ2n) is 5.06. The Balaban J connectivity index is 1.73. The molecule has 2 aromatic carbocycles. The molecule has 5 nitrogen and oxygen atoms in total. The van der Waals surface area contributed by atoms with Crippen LogP contribution >= 0.6 is 0 Å². The lowest BCUT2D eigenvalue weighted by atomic mass is 10.1. The number of rotatable bonds is 3. The minimum absolute atomic E-state index is 0.253. The van der Waals surface area contributed by atoms with E-state index in [-0.39, 0.29) is 5.96 Å². The number of nitrogens with one attached hydrogen (secondary N) is 1. The molecule has 0 aliphatic carbocycles. The van der Waals surface area contributed by atoms with Crippen LogP contribution in [0, 0.1) is 6.92 Å². The van der Waals surface area contributed by atoms with Crippen molar-refractivity contribution < 1.29 is 0 Å². The van der Waals surface area contributed by atoms with Gasteiger partial charge >= 0.3 is 0 Å². The van der Waals surface area contributed by atoms with E-state index in [2.05, 4.69) is 32.4 Å². The molecule has 1 heterocycles. The predicted octanol–water partition coefficient (Wildman–Crippen LogP) is 3.51. The van der Waals surface area contributed by atoms with Crippen LogP contribution in [0.1, 0.15) is 5.69 Å². The summed E-state index contributed by atoms with van der Waals surface area (Å²) in [6.45, 7) is 1.88. The molecule has 0 bridgehead atoms. The molecule has 0 unspecified atom stereocenters. The maximum Gasteiger partial charge on any atom is 0.252 e. The molecule has 0 amide bonds. The third kappa shape index (κ3) is 3.91. The second-order valence-corrected chi connectivity index (χ2v) is 5.06. The molecule has 3 rings (SSSR count). The fourth-order valence-electron chi connectivity index (χ4n) is 2.15. The van der Waals surface area contributed by atoms with Gasteiger partial charge in [0.1, 0.15) is 0 Å². The largest absolute Gasteiger partial charge is 0.369 e. The Morgan fingerprint density at radius 2 is 1.65 bits per heavy atom. The first-order chi connectivity index (χ1) is 11.2. The smallest absolute Gasteiger partial charge is 0.252 e. The topological polar surface area (TPSA) is 76.2 Å². The highest BCUT2D eigenvalue weighted by Crippen LogP contribution is 2.20. The van der Waals surface area contributed by atoms with Crippen LogP contribution in [-0.2, 0) is 0 Å². The Bertz CT molecular complexity index is 810. The van der Waals surface area contributed by atoms with Crippen LogP contribution in [0.15, 0.2) is 71.9 Å². The molecular weight excluding hydrogens is 286 g/mol. The van der Waals surface area contributed by atoms with Gasteiger partial charge in [-0.25, -0.2) is 9.97 Å². The first kappa shape index (κ1) is 14.7. The predicted molar refractivity (Wildman–Crippen MR) is 93.6 cm³/mol. The van der Waals surface area contributed by atoms with Crippen molar-refractivity contribution >= 4 is 17.6 Å². The highest BCUT2D eigenvalue weighted by atomic mass is 15.2. The molecular formula is C18H17N5. The number of aliphatic imine (C=N–C) groups is 1. The lowest BCUT2D eigenvalue weighted by Crippen LogP contribution is -2.22. The summed E-state index contributed by atoms with van der Waals surface area (Å²) in [6.07, 6.45) is 1.66. The van der Waals surface area contributed by atoms with Gasteiger partial charge in [-0.3, -0.25) is 0 Å². The van der Waals surface area contributed by atoms with E-state index >= 15 is 0 Å². The quantitative estimate of drug-likeness (QED) is 0.573. The summed E-state index contributed by atoms with van der Waals surface area (Å²) in [6, 6.07) is 20.0. The molecule has 1 aromatic heterocycles. The van der Waals surface area contributed by atoms with E-state index in [4.69, 9.17) is 5.73 Å². The highest BCUT2D eigenvalue weighted by molar-refractivity contribution is 5.93. The Morgan fingerprint density at radius 3 is 2.35 bits per heavy atom. The molecule has 114 valence electrons. The molecule has 0 saturated heterocycles. The fraction of sp³-hybridized carbons (Fsp3) is 0.0556. The number of anilines is 1. The standard InChI is InChI=1S/C18H17N5/c1-13-11-12-20-18(21-13)23-17(19)22-16-9-7-15(8-10-16)14-5-3-2-4-6-14/h2-12H,1H3,(H3,19,20,21,22,23). The molecule has 0 aliphatic rings. The number of nitrogens with zero attached hydrogens (tertiary/aromatic N) is 3. The third-order valence-corrected chi connectivity index (χ3v) is 3.27. The number of hydrogen-bond donors (Lipinski definition) is 2. The van der Waals surface area contributed by atoms with E-state index in [0.29, 0.717) is 5.95 Å². The highest BCUT2D eigenvalue weighted by Gasteiger charge is 2.00. The first-order valence-electron chi connectivity index (χ1n) is 7.27. The molecule has 3 N–H and O–H groups in total.